The molecular weight excluding hydrogens is 247 g/mol. The van der Waals surface area contributed by atoms with E-state index in [1.54, 1.807) is 0 Å². The number of halogens is 1. The molecular formula is C14H19FN2O2. The topological polar surface area (TPSA) is 55.2 Å². The van der Waals surface area contributed by atoms with E-state index in [0.717, 1.165) is 6.07 Å². The summed E-state index contributed by atoms with van der Waals surface area (Å²) in [6.07, 6.45) is 0. The summed E-state index contributed by atoms with van der Waals surface area (Å²) in [5.41, 5.74) is 0.651. The molecule has 1 aromatic rings. The van der Waals surface area contributed by atoms with Crippen LogP contribution < -0.4 is 5.32 Å². The molecule has 0 atom stereocenters. The molecule has 5 heteroatoms. The van der Waals surface area contributed by atoms with E-state index in [1.165, 1.54) is 12.1 Å². The molecule has 0 amide bonds. The lowest BCUT2D eigenvalue weighted by atomic mass is 10.0. The normalized spacial score (nSPS) is 20.3. The van der Waals surface area contributed by atoms with Gasteiger partial charge in [-0.3, -0.25) is 10.1 Å². The second-order valence-electron chi connectivity index (χ2n) is 6.29. The van der Waals surface area contributed by atoms with Crippen LogP contribution >= 0.6 is 0 Å². The summed E-state index contributed by atoms with van der Waals surface area (Å²) in [4.78, 5) is 10.4. The number of nitro groups is 1. The molecule has 0 unspecified atom stereocenters. The van der Waals surface area contributed by atoms with Gasteiger partial charge in [0.05, 0.1) is 4.92 Å². The Bertz CT molecular complexity index is 512. The number of benzene rings is 1. The van der Waals surface area contributed by atoms with Crippen molar-refractivity contribution in [2.24, 2.45) is 10.8 Å². The van der Waals surface area contributed by atoms with Crippen molar-refractivity contribution in [2.75, 3.05) is 0 Å². The van der Waals surface area contributed by atoms with Crippen molar-refractivity contribution >= 4 is 5.69 Å². The van der Waals surface area contributed by atoms with Crippen molar-refractivity contribution in [3.05, 3.63) is 39.7 Å². The third-order valence-corrected chi connectivity index (χ3v) is 4.76. The van der Waals surface area contributed by atoms with Crippen LogP contribution in [0.3, 0.4) is 0 Å². The Morgan fingerprint density at radius 1 is 1.32 bits per heavy atom. The lowest BCUT2D eigenvalue weighted by Gasteiger charge is -2.07. The number of nitrogens with zero attached hydrogens (tertiary/aromatic N) is 1. The zero-order valence-corrected chi connectivity index (χ0v) is 11.7. The highest BCUT2D eigenvalue weighted by molar-refractivity contribution is 5.40. The SMILES string of the molecule is CC1(C)C(NCc2cc(F)ccc2[N+](=O)[O-])C1(C)C. The highest BCUT2D eigenvalue weighted by Gasteiger charge is 2.64. The minimum absolute atomic E-state index is 0.0369. The first-order chi connectivity index (χ1) is 8.68. The van der Waals surface area contributed by atoms with E-state index in [2.05, 4.69) is 33.0 Å². The van der Waals surface area contributed by atoms with Gasteiger partial charge in [0, 0.05) is 24.2 Å². The fourth-order valence-corrected chi connectivity index (χ4v) is 2.79. The van der Waals surface area contributed by atoms with Crippen LogP contribution in [-0.4, -0.2) is 11.0 Å². The van der Waals surface area contributed by atoms with E-state index in [4.69, 9.17) is 0 Å². The average molecular weight is 266 g/mol. The molecule has 1 N–H and O–H groups in total. The van der Waals surface area contributed by atoms with Gasteiger partial charge in [-0.25, -0.2) is 4.39 Å². The molecule has 1 aromatic carbocycles. The van der Waals surface area contributed by atoms with Crippen molar-refractivity contribution in [1.29, 1.82) is 0 Å². The summed E-state index contributed by atoms with van der Waals surface area (Å²) in [5.74, 6) is -0.447. The minimum atomic E-state index is -0.473. The lowest BCUT2D eigenvalue weighted by molar-refractivity contribution is -0.385. The summed E-state index contributed by atoms with van der Waals surface area (Å²) in [6, 6.07) is 3.85. The summed E-state index contributed by atoms with van der Waals surface area (Å²) in [7, 11) is 0. The molecule has 1 fully saturated rings. The van der Waals surface area contributed by atoms with Gasteiger partial charge in [0.2, 0.25) is 0 Å². The molecule has 0 spiro atoms. The fourth-order valence-electron chi connectivity index (χ4n) is 2.79. The second-order valence-corrected chi connectivity index (χ2v) is 6.29. The Hall–Kier alpha value is -1.49. The number of nitro benzene ring substituents is 1. The van der Waals surface area contributed by atoms with Gasteiger partial charge >= 0.3 is 0 Å². The number of hydrogen-bond acceptors (Lipinski definition) is 3. The Labute approximate surface area is 112 Å². The molecule has 19 heavy (non-hydrogen) atoms. The molecule has 1 aliphatic rings. The van der Waals surface area contributed by atoms with E-state index in [-0.39, 0.29) is 22.6 Å². The molecule has 104 valence electrons. The third-order valence-electron chi connectivity index (χ3n) is 4.76. The molecule has 0 saturated heterocycles. The van der Waals surface area contributed by atoms with Crippen LogP contribution in [0.15, 0.2) is 18.2 Å². The average Bonchev–Trinajstić information content (AvgIpc) is 2.66. The van der Waals surface area contributed by atoms with Gasteiger partial charge in [-0.15, -0.1) is 0 Å². The van der Waals surface area contributed by atoms with Gasteiger partial charge in [-0.1, -0.05) is 27.7 Å². The molecule has 1 aliphatic carbocycles. The molecule has 2 rings (SSSR count). The van der Waals surface area contributed by atoms with Crippen molar-refractivity contribution < 1.29 is 9.31 Å². The number of nitrogens with one attached hydrogen (secondary N) is 1. The highest BCUT2D eigenvalue weighted by atomic mass is 19.1. The maximum Gasteiger partial charge on any atom is 0.274 e. The first-order valence-electron chi connectivity index (χ1n) is 6.34. The molecule has 0 aromatic heterocycles. The molecule has 0 heterocycles. The lowest BCUT2D eigenvalue weighted by Crippen LogP contribution is -2.22. The largest absolute Gasteiger partial charge is 0.309 e. The molecule has 0 bridgehead atoms. The van der Waals surface area contributed by atoms with Crippen LogP contribution in [0.1, 0.15) is 33.3 Å². The zero-order valence-electron chi connectivity index (χ0n) is 11.7. The summed E-state index contributed by atoms with van der Waals surface area (Å²) in [5, 5.41) is 14.2. The van der Waals surface area contributed by atoms with Crippen molar-refractivity contribution in [3.8, 4) is 0 Å². The smallest absolute Gasteiger partial charge is 0.274 e. The Kier molecular flexibility index (Phi) is 3.13. The monoisotopic (exact) mass is 266 g/mol. The van der Waals surface area contributed by atoms with E-state index >= 15 is 0 Å². The number of rotatable bonds is 4. The summed E-state index contributed by atoms with van der Waals surface area (Å²) < 4.78 is 13.2. The van der Waals surface area contributed by atoms with Crippen LogP contribution in [0.25, 0.3) is 0 Å². The predicted octanol–water partition coefficient (Wildman–Crippen LogP) is 3.26. The summed E-state index contributed by atoms with van der Waals surface area (Å²) in [6.45, 7) is 8.94. The molecule has 1 saturated carbocycles. The minimum Gasteiger partial charge on any atom is -0.309 e. The van der Waals surface area contributed by atoms with Gasteiger partial charge in [-0.05, 0) is 23.0 Å². The van der Waals surface area contributed by atoms with Gasteiger partial charge in [0.1, 0.15) is 5.82 Å². The quantitative estimate of drug-likeness (QED) is 0.672. The van der Waals surface area contributed by atoms with Gasteiger partial charge in [0.25, 0.3) is 5.69 Å². The first kappa shape index (κ1) is 13.9. The molecule has 0 radical (unpaired) electrons. The second kappa shape index (κ2) is 4.27. The maximum absolute atomic E-state index is 13.2. The van der Waals surface area contributed by atoms with Crippen LogP contribution in [0.2, 0.25) is 0 Å². The Morgan fingerprint density at radius 2 is 1.89 bits per heavy atom. The van der Waals surface area contributed by atoms with Gasteiger partial charge < -0.3 is 5.32 Å². The predicted molar refractivity (Wildman–Crippen MR) is 71.2 cm³/mol. The van der Waals surface area contributed by atoms with E-state index in [1.807, 2.05) is 0 Å². The van der Waals surface area contributed by atoms with Gasteiger partial charge in [-0.2, -0.15) is 0 Å². The van der Waals surface area contributed by atoms with Crippen LogP contribution in [0.4, 0.5) is 10.1 Å². The fraction of sp³-hybridized carbons (Fsp3) is 0.571. The van der Waals surface area contributed by atoms with Crippen LogP contribution in [0, 0.1) is 26.8 Å². The van der Waals surface area contributed by atoms with Crippen molar-refractivity contribution in [3.63, 3.8) is 0 Å². The third kappa shape index (κ3) is 2.23. The highest BCUT2D eigenvalue weighted by Crippen LogP contribution is 2.62. The van der Waals surface area contributed by atoms with Crippen LogP contribution in [-0.2, 0) is 6.54 Å². The van der Waals surface area contributed by atoms with Crippen molar-refractivity contribution in [1.82, 2.24) is 5.32 Å². The summed E-state index contributed by atoms with van der Waals surface area (Å²) >= 11 is 0. The standard InChI is InChI=1S/C14H19FN2O2/c1-13(2)12(14(13,3)4)16-8-9-7-10(15)5-6-11(9)17(18)19/h5-7,12,16H,8H2,1-4H3. The Balaban J connectivity index is 2.13. The van der Waals surface area contributed by atoms with E-state index in [9.17, 15) is 14.5 Å². The molecule has 0 aliphatic heterocycles. The first-order valence-corrected chi connectivity index (χ1v) is 6.34. The van der Waals surface area contributed by atoms with Gasteiger partial charge in [0.15, 0.2) is 0 Å². The van der Waals surface area contributed by atoms with E-state index < -0.39 is 10.7 Å². The maximum atomic E-state index is 13.2. The molecule has 4 nitrogen and oxygen atoms in total. The zero-order chi connectivity index (χ0) is 14.4. The van der Waals surface area contributed by atoms with Crippen molar-refractivity contribution in [2.45, 2.75) is 40.3 Å². The van der Waals surface area contributed by atoms with Crippen LogP contribution in [0.5, 0.6) is 0 Å². The Morgan fingerprint density at radius 3 is 2.37 bits per heavy atom. The van der Waals surface area contributed by atoms with E-state index in [0.29, 0.717) is 12.1 Å². The number of hydrogen-bond donors (Lipinski definition) is 1.